The fourth-order valence-corrected chi connectivity index (χ4v) is 5.48. The molecule has 0 saturated heterocycles. The second-order valence-corrected chi connectivity index (χ2v) is 11.3. The number of amides is 2. The van der Waals surface area contributed by atoms with Crippen molar-refractivity contribution < 1.29 is 35.9 Å². The Morgan fingerprint density at radius 1 is 0.886 bits per heavy atom. The minimum Gasteiger partial charge on any atom is -0.484 e. The van der Waals surface area contributed by atoms with Crippen LogP contribution in [-0.2, 0) is 25.8 Å². The van der Waals surface area contributed by atoms with E-state index in [9.17, 15) is 31.2 Å². The van der Waals surface area contributed by atoms with E-state index in [1.165, 1.54) is 30.5 Å². The van der Waals surface area contributed by atoms with Crippen molar-refractivity contribution in [3.05, 3.63) is 119 Å². The van der Waals surface area contributed by atoms with Crippen LogP contribution in [0, 0.1) is 0 Å². The lowest BCUT2D eigenvalue weighted by atomic mass is 10.2. The first-order valence-corrected chi connectivity index (χ1v) is 14.6. The van der Waals surface area contributed by atoms with Gasteiger partial charge < -0.3 is 10.1 Å². The smallest absolute Gasteiger partial charge is 0.416 e. The standard InChI is InChI=1S/C30H24ClF3N4O5S/c31-26-16-13-22(30(32,33)34)17-27(26)38(44(41,42)25-9-5-2-6-10-25)19-28(39)37-35-18-21-11-14-24(15-12-21)43-20-29(40)36-23-7-3-1-4-8-23/h1-18H,19-20H2,(H,36,40)(H,37,39)/b35-18-. The molecule has 9 nitrogen and oxygen atoms in total. The Bertz CT molecular complexity index is 1740. The van der Waals surface area contributed by atoms with Crippen molar-refractivity contribution in [1.82, 2.24) is 5.43 Å². The number of hydrogen-bond acceptors (Lipinski definition) is 6. The maximum Gasteiger partial charge on any atom is 0.416 e. The Labute approximate surface area is 256 Å². The summed E-state index contributed by atoms with van der Waals surface area (Å²) in [6, 6.07) is 24.3. The first kappa shape index (κ1) is 32.0. The summed E-state index contributed by atoms with van der Waals surface area (Å²) >= 11 is 6.12. The number of para-hydroxylation sites is 1. The summed E-state index contributed by atoms with van der Waals surface area (Å²) in [6.45, 7) is -1.15. The Hall–Kier alpha value is -4.88. The molecule has 0 atom stereocenters. The number of carbonyl (C=O) groups is 2. The number of nitrogens with one attached hydrogen (secondary N) is 2. The molecule has 0 unspecified atom stereocenters. The largest absolute Gasteiger partial charge is 0.484 e. The zero-order valence-corrected chi connectivity index (χ0v) is 24.2. The minimum atomic E-state index is -4.79. The lowest BCUT2D eigenvalue weighted by Gasteiger charge is -2.25. The number of ether oxygens (including phenoxy) is 1. The van der Waals surface area contributed by atoms with Crippen LogP contribution < -0.4 is 19.8 Å². The number of hydrogen-bond donors (Lipinski definition) is 2. The molecule has 2 amide bonds. The van der Waals surface area contributed by atoms with Crippen molar-refractivity contribution in [2.24, 2.45) is 5.10 Å². The summed E-state index contributed by atoms with van der Waals surface area (Å²) in [5, 5.41) is 6.19. The van der Waals surface area contributed by atoms with Crippen LogP contribution in [0.5, 0.6) is 5.75 Å². The average Bonchev–Trinajstić information content (AvgIpc) is 3.00. The van der Waals surface area contributed by atoms with Gasteiger partial charge in [-0.1, -0.05) is 48.0 Å². The highest BCUT2D eigenvalue weighted by Crippen LogP contribution is 2.37. The van der Waals surface area contributed by atoms with E-state index >= 15 is 0 Å². The fraction of sp³-hybridized carbons (Fsp3) is 0.100. The van der Waals surface area contributed by atoms with Gasteiger partial charge in [0.15, 0.2) is 6.61 Å². The van der Waals surface area contributed by atoms with Crippen molar-refractivity contribution in [3.8, 4) is 5.75 Å². The van der Waals surface area contributed by atoms with E-state index in [1.807, 2.05) is 6.07 Å². The SMILES string of the molecule is O=C(CN(c1cc(C(F)(F)F)ccc1Cl)S(=O)(=O)c1ccccc1)N/N=C\c1ccc(OCC(=O)Nc2ccccc2)cc1. The molecule has 0 bridgehead atoms. The number of hydrazone groups is 1. The molecule has 0 fully saturated rings. The molecular weight excluding hydrogens is 621 g/mol. The monoisotopic (exact) mass is 644 g/mol. The third-order valence-corrected chi connectivity index (χ3v) is 7.96. The molecule has 4 aromatic rings. The Morgan fingerprint density at radius 2 is 1.52 bits per heavy atom. The van der Waals surface area contributed by atoms with Gasteiger partial charge in [0.2, 0.25) is 0 Å². The quantitative estimate of drug-likeness (QED) is 0.160. The molecule has 0 aliphatic rings. The second-order valence-electron chi connectivity index (χ2n) is 9.05. The highest BCUT2D eigenvalue weighted by Gasteiger charge is 2.34. The van der Waals surface area contributed by atoms with E-state index in [2.05, 4.69) is 15.8 Å². The van der Waals surface area contributed by atoms with Gasteiger partial charge in [-0.05, 0) is 72.3 Å². The van der Waals surface area contributed by atoms with Gasteiger partial charge >= 0.3 is 6.18 Å². The van der Waals surface area contributed by atoms with Crippen molar-refractivity contribution in [3.63, 3.8) is 0 Å². The maximum atomic E-state index is 13.4. The third kappa shape index (κ3) is 8.58. The minimum absolute atomic E-state index is 0.226. The summed E-state index contributed by atoms with van der Waals surface area (Å²) in [6.07, 6.45) is -3.53. The van der Waals surface area contributed by atoms with Crippen molar-refractivity contribution in [2.75, 3.05) is 22.8 Å². The number of sulfonamides is 1. The van der Waals surface area contributed by atoms with Crippen LogP contribution in [0.4, 0.5) is 24.5 Å². The summed E-state index contributed by atoms with van der Waals surface area (Å²) in [7, 11) is -4.52. The summed E-state index contributed by atoms with van der Waals surface area (Å²) in [5.74, 6) is -0.896. The lowest BCUT2D eigenvalue weighted by Crippen LogP contribution is -2.40. The van der Waals surface area contributed by atoms with Crippen LogP contribution in [0.2, 0.25) is 5.02 Å². The van der Waals surface area contributed by atoms with Crippen LogP contribution in [0.15, 0.2) is 113 Å². The van der Waals surface area contributed by atoms with Gasteiger partial charge in [-0.25, -0.2) is 13.8 Å². The van der Waals surface area contributed by atoms with E-state index < -0.39 is 39.9 Å². The Morgan fingerprint density at radius 3 is 2.16 bits per heavy atom. The zero-order valence-electron chi connectivity index (χ0n) is 22.7. The van der Waals surface area contributed by atoms with Crippen LogP contribution in [0.3, 0.4) is 0 Å². The lowest BCUT2D eigenvalue weighted by molar-refractivity contribution is -0.137. The number of anilines is 2. The molecule has 228 valence electrons. The van der Waals surface area contributed by atoms with E-state index in [4.69, 9.17) is 16.3 Å². The predicted octanol–water partition coefficient (Wildman–Crippen LogP) is 5.72. The number of nitrogens with zero attached hydrogens (tertiary/aromatic N) is 2. The van der Waals surface area contributed by atoms with Crippen molar-refractivity contribution >= 4 is 51.0 Å². The van der Waals surface area contributed by atoms with E-state index in [1.54, 1.807) is 54.6 Å². The van der Waals surface area contributed by atoms with E-state index in [-0.39, 0.29) is 22.4 Å². The van der Waals surface area contributed by atoms with Gasteiger partial charge in [0, 0.05) is 5.69 Å². The van der Waals surface area contributed by atoms with Gasteiger partial charge in [0.05, 0.1) is 27.4 Å². The average molecular weight is 645 g/mol. The van der Waals surface area contributed by atoms with Crippen LogP contribution in [-0.4, -0.2) is 39.6 Å². The third-order valence-electron chi connectivity index (χ3n) is 5.87. The van der Waals surface area contributed by atoms with Gasteiger partial charge in [-0.15, -0.1) is 0 Å². The van der Waals surface area contributed by atoms with Crippen LogP contribution >= 0.6 is 11.6 Å². The number of alkyl halides is 3. The molecule has 0 radical (unpaired) electrons. The summed E-state index contributed by atoms with van der Waals surface area (Å²) < 4.78 is 73.1. The van der Waals surface area contributed by atoms with Gasteiger partial charge in [-0.3, -0.25) is 13.9 Å². The van der Waals surface area contributed by atoms with Gasteiger partial charge in [0.1, 0.15) is 12.3 Å². The van der Waals surface area contributed by atoms with Crippen molar-refractivity contribution in [2.45, 2.75) is 11.1 Å². The first-order valence-electron chi connectivity index (χ1n) is 12.8. The van der Waals surface area contributed by atoms with E-state index in [0.29, 0.717) is 33.4 Å². The van der Waals surface area contributed by atoms with E-state index in [0.717, 1.165) is 6.07 Å². The number of carbonyl (C=O) groups excluding carboxylic acids is 2. The molecule has 4 aromatic carbocycles. The molecule has 44 heavy (non-hydrogen) atoms. The highest BCUT2D eigenvalue weighted by atomic mass is 35.5. The maximum absolute atomic E-state index is 13.4. The molecule has 14 heteroatoms. The number of benzene rings is 4. The predicted molar refractivity (Wildman–Crippen MR) is 160 cm³/mol. The first-order chi connectivity index (χ1) is 20.9. The molecular formula is C30H24ClF3N4O5S. The second kappa shape index (κ2) is 14.1. The normalized spacial score (nSPS) is 11.6. The van der Waals surface area contributed by atoms with Gasteiger partial charge in [0.25, 0.3) is 21.8 Å². The molecule has 0 heterocycles. The fourth-order valence-electron chi connectivity index (χ4n) is 3.76. The molecule has 0 saturated carbocycles. The summed E-state index contributed by atoms with van der Waals surface area (Å²) in [4.78, 5) is 24.6. The molecule has 0 aliphatic heterocycles. The number of rotatable bonds is 11. The summed E-state index contributed by atoms with van der Waals surface area (Å²) in [5.41, 5.74) is 1.64. The van der Waals surface area contributed by atoms with Crippen LogP contribution in [0.25, 0.3) is 0 Å². The Balaban J connectivity index is 1.42. The van der Waals surface area contributed by atoms with Crippen LogP contribution in [0.1, 0.15) is 11.1 Å². The van der Waals surface area contributed by atoms with Gasteiger partial charge in [-0.2, -0.15) is 18.3 Å². The molecule has 2 N–H and O–H groups in total. The molecule has 4 rings (SSSR count). The molecule has 0 aliphatic carbocycles. The molecule has 0 aromatic heterocycles. The molecule has 0 spiro atoms. The highest BCUT2D eigenvalue weighted by molar-refractivity contribution is 7.92. The zero-order chi connectivity index (χ0) is 31.7. The number of halogens is 4. The Kier molecular flexibility index (Phi) is 10.2. The topological polar surface area (TPSA) is 117 Å². The van der Waals surface area contributed by atoms with Crippen molar-refractivity contribution in [1.29, 1.82) is 0 Å².